The highest BCUT2D eigenvalue weighted by molar-refractivity contribution is 5.29. The monoisotopic (exact) mass is 319 g/mol. The zero-order valence-corrected chi connectivity index (χ0v) is 12.7. The van der Waals surface area contributed by atoms with E-state index in [1.807, 2.05) is 0 Å². The minimum atomic E-state index is -1.13. The molecular formula is C18H19F2NO2. The second-order valence-corrected chi connectivity index (χ2v) is 4.47. The Balaban J connectivity index is 0.000000322. The second kappa shape index (κ2) is 10.4. The number of pyridine rings is 1. The fraction of sp³-hybridized carbons (Fsp3) is 0.167. The summed E-state index contributed by atoms with van der Waals surface area (Å²) in [5.74, 6) is -1.43. The number of hydrogen-bond donors (Lipinski definition) is 1. The van der Waals surface area contributed by atoms with Gasteiger partial charge in [-0.1, -0.05) is 24.3 Å². The van der Waals surface area contributed by atoms with Gasteiger partial charge >= 0.3 is 0 Å². The van der Waals surface area contributed by atoms with Gasteiger partial charge in [-0.2, -0.15) is 0 Å². The van der Waals surface area contributed by atoms with E-state index in [1.54, 1.807) is 30.5 Å². The molecule has 1 atom stereocenters. The van der Waals surface area contributed by atoms with Crippen molar-refractivity contribution in [2.45, 2.75) is 6.10 Å². The first-order valence-corrected chi connectivity index (χ1v) is 6.92. The Kier molecular flexibility index (Phi) is 8.42. The summed E-state index contributed by atoms with van der Waals surface area (Å²) in [4.78, 5) is 3.82. The first-order chi connectivity index (χ1) is 11.1. The summed E-state index contributed by atoms with van der Waals surface area (Å²) < 4.78 is 30.9. The Hall–Kier alpha value is -2.37. The quantitative estimate of drug-likeness (QED) is 0.650. The van der Waals surface area contributed by atoms with Crippen LogP contribution in [-0.4, -0.2) is 23.3 Å². The number of aromatic nitrogens is 1. The number of halogens is 2. The van der Waals surface area contributed by atoms with Crippen LogP contribution in [0.5, 0.6) is 0 Å². The van der Waals surface area contributed by atoms with Crippen molar-refractivity contribution in [3.8, 4) is 0 Å². The number of aliphatic hydroxyl groups is 1. The molecule has 5 heteroatoms. The fourth-order valence-electron chi connectivity index (χ4n) is 1.68. The van der Waals surface area contributed by atoms with Gasteiger partial charge in [-0.05, 0) is 12.1 Å². The van der Waals surface area contributed by atoms with E-state index < -0.39 is 17.7 Å². The maximum absolute atomic E-state index is 13.4. The fourth-order valence-corrected chi connectivity index (χ4v) is 1.68. The molecule has 1 heterocycles. The summed E-state index contributed by atoms with van der Waals surface area (Å²) >= 11 is 0. The molecule has 0 spiro atoms. The topological polar surface area (TPSA) is 42.4 Å². The Morgan fingerprint density at radius 1 is 1.17 bits per heavy atom. The summed E-state index contributed by atoms with van der Waals surface area (Å²) in [5.41, 5.74) is 0.502. The van der Waals surface area contributed by atoms with Crippen LogP contribution in [0.2, 0.25) is 0 Å². The molecule has 0 aliphatic carbocycles. The van der Waals surface area contributed by atoms with Gasteiger partial charge < -0.3 is 9.84 Å². The van der Waals surface area contributed by atoms with Gasteiger partial charge in [0, 0.05) is 29.6 Å². The number of ether oxygens (including phenoxy) is 1. The normalized spacial score (nSPS) is 11.1. The highest BCUT2D eigenvalue weighted by Crippen LogP contribution is 2.23. The van der Waals surface area contributed by atoms with Crippen LogP contribution in [0.15, 0.2) is 68.0 Å². The van der Waals surface area contributed by atoms with Crippen LogP contribution in [0.4, 0.5) is 8.78 Å². The molecule has 0 aliphatic rings. The summed E-state index contributed by atoms with van der Waals surface area (Å²) in [6.45, 7) is 8.18. The Labute approximate surface area is 134 Å². The van der Waals surface area contributed by atoms with E-state index in [1.165, 1.54) is 12.3 Å². The molecular weight excluding hydrogens is 300 g/mol. The van der Waals surface area contributed by atoms with Crippen LogP contribution in [-0.2, 0) is 4.74 Å². The molecule has 23 heavy (non-hydrogen) atoms. The van der Waals surface area contributed by atoms with Crippen molar-refractivity contribution >= 4 is 0 Å². The largest absolute Gasteiger partial charge is 0.383 e. The molecule has 0 aliphatic heterocycles. The molecule has 0 radical (unpaired) electrons. The van der Waals surface area contributed by atoms with Gasteiger partial charge in [0.15, 0.2) is 0 Å². The smallest absolute Gasteiger partial charge is 0.132 e. The van der Waals surface area contributed by atoms with Gasteiger partial charge in [-0.25, -0.2) is 8.78 Å². The van der Waals surface area contributed by atoms with E-state index in [9.17, 15) is 13.9 Å². The lowest BCUT2D eigenvalue weighted by Gasteiger charge is -2.11. The molecule has 1 aromatic heterocycles. The zero-order chi connectivity index (χ0) is 17.1. The molecule has 0 saturated heterocycles. The van der Waals surface area contributed by atoms with Gasteiger partial charge in [0.25, 0.3) is 0 Å². The molecule has 0 fully saturated rings. The van der Waals surface area contributed by atoms with Crippen LogP contribution in [0.1, 0.15) is 17.2 Å². The van der Waals surface area contributed by atoms with E-state index in [-0.39, 0.29) is 5.56 Å². The van der Waals surface area contributed by atoms with E-state index in [2.05, 4.69) is 18.1 Å². The standard InChI is InChI=1S/C12H9F2NO.C6H10O/c13-9-3-4-10(11(14)6-9)12(16)8-2-1-5-15-7-8;1-3-5-7-6-4-2/h1-7,12,16H;3-4H,1-2,5-6H2. The minimum absolute atomic E-state index is 0.0365. The van der Waals surface area contributed by atoms with Gasteiger partial charge in [0.05, 0.1) is 13.2 Å². The van der Waals surface area contributed by atoms with Crippen LogP contribution in [0, 0.1) is 11.6 Å². The van der Waals surface area contributed by atoms with Crippen molar-refractivity contribution in [3.05, 3.63) is 90.8 Å². The molecule has 2 aromatic rings. The average molecular weight is 319 g/mol. The SMILES string of the molecule is C=CCOCC=C.OC(c1cccnc1)c1ccc(F)cc1F. The molecule has 2 rings (SSSR count). The van der Waals surface area contributed by atoms with Crippen molar-refractivity contribution in [1.82, 2.24) is 4.98 Å². The molecule has 0 amide bonds. The van der Waals surface area contributed by atoms with Crippen molar-refractivity contribution < 1.29 is 18.6 Å². The van der Waals surface area contributed by atoms with Gasteiger partial charge in [-0.15, -0.1) is 13.2 Å². The molecule has 3 nitrogen and oxygen atoms in total. The van der Waals surface area contributed by atoms with Crippen molar-refractivity contribution in [1.29, 1.82) is 0 Å². The third kappa shape index (κ3) is 6.50. The summed E-state index contributed by atoms with van der Waals surface area (Å²) in [5, 5.41) is 9.86. The Bertz CT molecular complexity index is 610. The van der Waals surface area contributed by atoms with Crippen LogP contribution < -0.4 is 0 Å². The van der Waals surface area contributed by atoms with Gasteiger partial charge in [0.2, 0.25) is 0 Å². The maximum atomic E-state index is 13.4. The van der Waals surface area contributed by atoms with Crippen LogP contribution >= 0.6 is 0 Å². The first-order valence-electron chi connectivity index (χ1n) is 6.92. The van der Waals surface area contributed by atoms with Crippen molar-refractivity contribution in [3.63, 3.8) is 0 Å². The highest BCUT2D eigenvalue weighted by Gasteiger charge is 2.15. The molecule has 0 saturated carbocycles. The number of benzene rings is 1. The van der Waals surface area contributed by atoms with Crippen molar-refractivity contribution in [2.75, 3.05) is 13.2 Å². The number of hydrogen-bond acceptors (Lipinski definition) is 3. The maximum Gasteiger partial charge on any atom is 0.132 e. The number of aliphatic hydroxyl groups excluding tert-OH is 1. The molecule has 1 unspecified atom stereocenters. The highest BCUT2D eigenvalue weighted by atomic mass is 19.1. The zero-order valence-electron chi connectivity index (χ0n) is 12.7. The summed E-state index contributed by atoms with van der Waals surface area (Å²) in [7, 11) is 0. The lowest BCUT2D eigenvalue weighted by Crippen LogP contribution is -2.03. The van der Waals surface area contributed by atoms with Crippen LogP contribution in [0.25, 0.3) is 0 Å². The molecule has 1 aromatic carbocycles. The molecule has 0 bridgehead atoms. The summed E-state index contributed by atoms with van der Waals surface area (Å²) in [6, 6.07) is 6.34. The average Bonchev–Trinajstić information content (AvgIpc) is 2.56. The van der Waals surface area contributed by atoms with E-state index in [4.69, 9.17) is 4.74 Å². The number of rotatable bonds is 6. The number of nitrogens with zero attached hydrogens (tertiary/aromatic N) is 1. The van der Waals surface area contributed by atoms with Gasteiger partial charge in [0.1, 0.15) is 17.7 Å². The van der Waals surface area contributed by atoms with E-state index in [0.717, 1.165) is 12.1 Å². The predicted octanol–water partition coefficient (Wildman–Crippen LogP) is 3.82. The lowest BCUT2D eigenvalue weighted by atomic mass is 10.0. The first kappa shape index (κ1) is 18.7. The Morgan fingerprint density at radius 3 is 2.39 bits per heavy atom. The second-order valence-electron chi connectivity index (χ2n) is 4.47. The third-order valence-corrected chi connectivity index (χ3v) is 2.73. The molecule has 122 valence electrons. The minimum Gasteiger partial charge on any atom is -0.383 e. The lowest BCUT2D eigenvalue weighted by molar-refractivity contribution is 0.194. The molecule has 1 N–H and O–H groups in total. The van der Waals surface area contributed by atoms with E-state index >= 15 is 0 Å². The van der Waals surface area contributed by atoms with Crippen molar-refractivity contribution in [2.24, 2.45) is 0 Å². The Morgan fingerprint density at radius 2 is 1.87 bits per heavy atom. The third-order valence-electron chi connectivity index (χ3n) is 2.73. The van der Waals surface area contributed by atoms with E-state index in [0.29, 0.717) is 18.8 Å². The van der Waals surface area contributed by atoms with Gasteiger partial charge in [-0.3, -0.25) is 4.98 Å². The van der Waals surface area contributed by atoms with Crippen LogP contribution in [0.3, 0.4) is 0 Å². The predicted molar refractivity (Wildman–Crippen MR) is 85.9 cm³/mol. The summed E-state index contributed by atoms with van der Waals surface area (Å²) in [6.07, 6.45) is 5.28.